The van der Waals surface area contributed by atoms with Gasteiger partial charge in [0.25, 0.3) is 0 Å². The van der Waals surface area contributed by atoms with Crippen molar-refractivity contribution >= 4 is 5.91 Å². The summed E-state index contributed by atoms with van der Waals surface area (Å²) in [5, 5.41) is 18.2. The van der Waals surface area contributed by atoms with Crippen LogP contribution in [0.4, 0.5) is 0 Å². The van der Waals surface area contributed by atoms with Gasteiger partial charge in [0.2, 0.25) is 5.91 Å². The fourth-order valence-electron chi connectivity index (χ4n) is 5.03. The van der Waals surface area contributed by atoms with E-state index in [1.165, 1.54) is 0 Å². The molecule has 4 aliphatic rings. The Bertz CT molecular complexity index is 879. The molecule has 4 aliphatic heterocycles. The standard InChI is InChI=1S/C21H27N5O3/c27-18-3-1-2-16(11-18)20-14-26(23-22-20)12-17-10-15-4-5-25(17)13-19(15)21(28)24-6-8-29-9-7-24/h1-3,11,14-15,17,19,27H,4-10,12-13H2/t15?,17-,19+/m1/s1. The van der Waals surface area contributed by atoms with E-state index < -0.39 is 0 Å². The zero-order valence-electron chi connectivity index (χ0n) is 16.5. The van der Waals surface area contributed by atoms with E-state index in [1.54, 1.807) is 18.2 Å². The van der Waals surface area contributed by atoms with E-state index in [0.29, 0.717) is 31.1 Å². The highest BCUT2D eigenvalue weighted by atomic mass is 16.5. The van der Waals surface area contributed by atoms with Gasteiger partial charge in [-0.3, -0.25) is 14.4 Å². The first-order chi connectivity index (χ1) is 14.2. The molecule has 154 valence electrons. The van der Waals surface area contributed by atoms with Crippen molar-refractivity contribution in [2.75, 3.05) is 39.4 Å². The number of hydrogen-bond acceptors (Lipinski definition) is 6. The van der Waals surface area contributed by atoms with Gasteiger partial charge in [-0.05, 0) is 37.4 Å². The molecule has 1 N–H and O–H groups in total. The third-order valence-corrected chi connectivity index (χ3v) is 6.60. The third kappa shape index (κ3) is 3.74. The van der Waals surface area contributed by atoms with Crippen molar-refractivity contribution < 1.29 is 14.6 Å². The molecular formula is C21H27N5O3. The molecule has 8 heteroatoms. The van der Waals surface area contributed by atoms with Gasteiger partial charge in [-0.2, -0.15) is 0 Å². The number of ether oxygens (including phenoxy) is 1. The van der Waals surface area contributed by atoms with E-state index >= 15 is 0 Å². The number of benzene rings is 1. The molecule has 2 bridgehead atoms. The Hall–Kier alpha value is -2.45. The molecule has 0 saturated carbocycles. The van der Waals surface area contributed by atoms with Crippen LogP contribution in [0.15, 0.2) is 30.5 Å². The summed E-state index contributed by atoms with van der Waals surface area (Å²) >= 11 is 0. The van der Waals surface area contributed by atoms with Crippen LogP contribution < -0.4 is 0 Å². The van der Waals surface area contributed by atoms with Crippen molar-refractivity contribution in [3.05, 3.63) is 30.5 Å². The van der Waals surface area contributed by atoms with Crippen molar-refractivity contribution in [1.82, 2.24) is 24.8 Å². The number of carbonyl (C=O) groups excluding carboxylic acids is 1. The van der Waals surface area contributed by atoms with Gasteiger partial charge in [-0.15, -0.1) is 5.10 Å². The molecule has 5 heterocycles. The number of nitrogens with zero attached hydrogens (tertiary/aromatic N) is 5. The maximum Gasteiger partial charge on any atom is 0.227 e. The maximum absolute atomic E-state index is 13.0. The van der Waals surface area contributed by atoms with E-state index in [9.17, 15) is 9.90 Å². The third-order valence-electron chi connectivity index (χ3n) is 6.60. The van der Waals surface area contributed by atoms with Gasteiger partial charge < -0.3 is 14.7 Å². The zero-order chi connectivity index (χ0) is 19.8. The highest BCUT2D eigenvalue weighted by molar-refractivity contribution is 5.79. The van der Waals surface area contributed by atoms with Gasteiger partial charge in [-0.1, -0.05) is 17.3 Å². The van der Waals surface area contributed by atoms with Crippen molar-refractivity contribution in [3.8, 4) is 17.0 Å². The molecule has 1 amide bonds. The summed E-state index contributed by atoms with van der Waals surface area (Å²) in [6.45, 7) is 5.44. The number of fused-ring (bicyclic) bond motifs is 3. The SMILES string of the molecule is O=C([C@H]1CN2CCC1C[C@@H]2Cn1cc(-c2cccc(O)c2)nn1)N1CCOCC1. The molecule has 0 spiro atoms. The molecule has 8 nitrogen and oxygen atoms in total. The smallest absolute Gasteiger partial charge is 0.227 e. The molecule has 0 aliphatic carbocycles. The predicted octanol–water partition coefficient (Wildman–Crippen LogP) is 1.22. The topological polar surface area (TPSA) is 83.7 Å². The van der Waals surface area contributed by atoms with Crippen molar-refractivity contribution in [2.24, 2.45) is 11.8 Å². The van der Waals surface area contributed by atoms with Gasteiger partial charge in [-0.25, -0.2) is 0 Å². The first-order valence-electron chi connectivity index (χ1n) is 10.5. The number of rotatable bonds is 4. The highest BCUT2D eigenvalue weighted by Gasteiger charge is 2.44. The van der Waals surface area contributed by atoms with E-state index in [-0.39, 0.29) is 11.7 Å². The summed E-state index contributed by atoms with van der Waals surface area (Å²) in [4.78, 5) is 17.4. The summed E-state index contributed by atoms with van der Waals surface area (Å²) < 4.78 is 7.28. The lowest BCUT2D eigenvalue weighted by Gasteiger charge is -2.50. The lowest BCUT2D eigenvalue weighted by atomic mass is 9.75. The molecule has 6 rings (SSSR count). The molecule has 1 aromatic carbocycles. The Labute approximate surface area is 170 Å². The number of amides is 1. The average Bonchev–Trinajstić information content (AvgIpc) is 3.23. The molecule has 4 fully saturated rings. The zero-order valence-corrected chi connectivity index (χ0v) is 16.5. The van der Waals surface area contributed by atoms with Gasteiger partial charge >= 0.3 is 0 Å². The maximum atomic E-state index is 13.0. The first-order valence-corrected chi connectivity index (χ1v) is 10.5. The van der Waals surface area contributed by atoms with E-state index in [1.807, 2.05) is 21.8 Å². The van der Waals surface area contributed by atoms with Crippen LogP contribution in [0.25, 0.3) is 11.3 Å². The van der Waals surface area contributed by atoms with Crippen molar-refractivity contribution in [3.63, 3.8) is 0 Å². The van der Waals surface area contributed by atoms with Crippen LogP contribution in [0.3, 0.4) is 0 Å². The Balaban J connectivity index is 1.24. The minimum absolute atomic E-state index is 0.122. The molecule has 2 aromatic rings. The summed E-state index contributed by atoms with van der Waals surface area (Å²) in [7, 11) is 0. The number of carbonyl (C=O) groups is 1. The lowest BCUT2D eigenvalue weighted by molar-refractivity contribution is -0.148. The van der Waals surface area contributed by atoms with Crippen molar-refractivity contribution in [1.29, 1.82) is 0 Å². The summed E-state index contributed by atoms with van der Waals surface area (Å²) in [6.07, 6.45) is 4.07. The molecule has 29 heavy (non-hydrogen) atoms. The summed E-state index contributed by atoms with van der Waals surface area (Å²) in [5.74, 6) is 1.11. The normalized spacial score (nSPS) is 29.2. The highest BCUT2D eigenvalue weighted by Crippen LogP contribution is 2.38. The predicted molar refractivity (Wildman–Crippen MR) is 106 cm³/mol. The van der Waals surface area contributed by atoms with Crippen LogP contribution in [0, 0.1) is 11.8 Å². The summed E-state index contributed by atoms with van der Waals surface area (Å²) in [6, 6.07) is 7.46. The molecule has 0 radical (unpaired) electrons. The Kier molecular flexibility index (Phi) is 4.97. The number of aromatic nitrogens is 3. The quantitative estimate of drug-likeness (QED) is 0.835. The van der Waals surface area contributed by atoms with Gasteiger partial charge in [0, 0.05) is 31.2 Å². The van der Waals surface area contributed by atoms with E-state index in [2.05, 4.69) is 15.2 Å². The second-order valence-corrected chi connectivity index (χ2v) is 8.35. The minimum Gasteiger partial charge on any atom is -0.508 e. The number of phenols is 1. The molecule has 4 atom stereocenters. The van der Waals surface area contributed by atoms with Crippen LogP contribution in [0.2, 0.25) is 0 Å². The van der Waals surface area contributed by atoms with Crippen LogP contribution in [0.1, 0.15) is 12.8 Å². The Morgan fingerprint density at radius 3 is 2.86 bits per heavy atom. The second kappa shape index (κ2) is 7.76. The number of hydrogen-bond donors (Lipinski definition) is 1. The first kappa shape index (κ1) is 18.6. The summed E-state index contributed by atoms with van der Waals surface area (Å²) in [5.41, 5.74) is 1.62. The van der Waals surface area contributed by atoms with E-state index in [0.717, 1.165) is 56.8 Å². The minimum atomic E-state index is 0.122. The number of piperidine rings is 3. The molecular weight excluding hydrogens is 370 g/mol. The Morgan fingerprint density at radius 2 is 2.10 bits per heavy atom. The van der Waals surface area contributed by atoms with Gasteiger partial charge in [0.1, 0.15) is 11.4 Å². The Morgan fingerprint density at radius 1 is 1.24 bits per heavy atom. The molecule has 1 aromatic heterocycles. The monoisotopic (exact) mass is 397 g/mol. The van der Waals surface area contributed by atoms with Crippen LogP contribution in [0.5, 0.6) is 5.75 Å². The van der Waals surface area contributed by atoms with Crippen LogP contribution in [-0.2, 0) is 16.1 Å². The van der Waals surface area contributed by atoms with Crippen molar-refractivity contribution in [2.45, 2.75) is 25.4 Å². The van der Waals surface area contributed by atoms with Crippen LogP contribution in [-0.4, -0.2) is 81.2 Å². The average molecular weight is 397 g/mol. The lowest BCUT2D eigenvalue weighted by Crippen LogP contribution is -2.59. The largest absolute Gasteiger partial charge is 0.508 e. The number of phenolic OH excluding ortho intramolecular Hbond substituents is 1. The van der Waals surface area contributed by atoms with Gasteiger partial charge in [0.15, 0.2) is 0 Å². The molecule has 2 unspecified atom stereocenters. The molecule has 4 saturated heterocycles. The number of aromatic hydroxyl groups is 1. The van der Waals surface area contributed by atoms with Gasteiger partial charge in [0.05, 0.1) is 31.9 Å². The second-order valence-electron chi connectivity index (χ2n) is 8.35. The fourth-order valence-corrected chi connectivity index (χ4v) is 5.03. The van der Waals surface area contributed by atoms with Crippen LogP contribution >= 0.6 is 0 Å². The fraction of sp³-hybridized carbons (Fsp3) is 0.571. The number of morpholine rings is 1. The van der Waals surface area contributed by atoms with E-state index in [4.69, 9.17) is 4.74 Å².